The summed E-state index contributed by atoms with van der Waals surface area (Å²) in [6, 6.07) is 6.14. The van der Waals surface area contributed by atoms with Gasteiger partial charge in [-0.3, -0.25) is 9.79 Å². The van der Waals surface area contributed by atoms with Gasteiger partial charge in [0.05, 0.1) is 5.75 Å². The maximum Gasteiger partial charge on any atom is 0.253 e. The summed E-state index contributed by atoms with van der Waals surface area (Å²) in [4.78, 5) is 19.8. The smallest absolute Gasteiger partial charge is 0.253 e. The van der Waals surface area contributed by atoms with E-state index in [-0.39, 0.29) is 11.7 Å². The number of benzene rings is 1. The molecule has 35 heavy (non-hydrogen) atoms. The van der Waals surface area contributed by atoms with E-state index < -0.39 is 15.6 Å². The molecule has 0 atom stereocenters. The van der Waals surface area contributed by atoms with Crippen LogP contribution >= 0.6 is 0 Å². The van der Waals surface area contributed by atoms with Crippen molar-refractivity contribution in [1.82, 2.24) is 14.5 Å². The van der Waals surface area contributed by atoms with Crippen LogP contribution in [0.2, 0.25) is 0 Å². The maximum atomic E-state index is 13.1. The Bertz CT molecular complexity index is 1040. The van der Waals surface area contributed by atoms with Gasteiger partial charge in [0.25, 0.3) is 5.91 Å². The molecule has 8 nitrogen and oxygen atoms in total. The highest BCUT2D eigenvalue weighted by molar-refractivity contribution is 7.89. The first-order valence-electron chi connectivity index (χ1n) is 13.1. The van der Waals surface area contributed by atoms with Crippen molar-refractivity contribution in [3.05, 3.63) is 29.3 Å². The standard InChI is InChI=1S/C26H41N5O3S/c1-20-19-23(27-14-17-30(2)3)10-9-21(20)11-18-35(33,34)31-15-12-26(13-16-31)25(32)28-24(29-26)22-7-5-4-6-8-22/h9-10,19,22,27H,4-8,11-18H2,1-3H3,(H,28,29,32). The molecule has 0 radical (unpaired) electrons. The van der Waals surface area contributed by atoms with Crippen LogP contribution in [0.15, 0.2) is 23.2 Å². The van der Waals surface area contributed by atoms with E-state index in [1.54, 1.807) is 4.31 Å². The van der Waals surface area contributed by atoms with Crippen LogP contribution in [-0.2, 0) is 21.2 Å². The van der Waals surface area contributed by atoms with Gasteiger partial charge in [-0.1, -0.05) is 25.3 Å². The number of nitrogens with one attached hydrogen (secondary N) is 2. The van der Waals surface area contributed by atoms with Gasteiger partial charge in [0, 0.05) is 37.8 Å². The minimum absolute atomic E-state index is 0.0370. The molecule has 2 heterocycles. The van der Waals surface area contributed by atoms with Crippen molar-refractivity contribution in [3.8, 4) is 0 Å². The first-order chi connectivity index (χ1) is 16.7. The summed E-state index contributed by atoms with van der Waals surface area (Å²) in [6.45, 7) is 4.55. The van der Waals surface area contributed by atoms with Crippen molar-refractivity contribution in [2.75, 3.05) is 51.3 Å². The predicted molar refractivity (Wildman–Crippen MR) is 141 cm³/mol. The molecule has 9 heteroatoms. The van der Waals surface area contributed by atoms with Crippen molar-refractivity contribution in [2.24, 2.45) is 10.9 Å². The summed E-state index contributed by atoms with van der Waals surface area (Å²) in [7, 11) is 0.692. The molecule has 194 valence electrons. The van der Waals surface area contributed by atoms with E-state index in [0.29, 0.717) is 38.3 Å². The molecule has 1 aromatic rings. The zero-order valence-corrected chi connectivity index (χ0v) is 22.3. The van der Waals surface area contributed by atoms with Gasteiger partial charge in [-0.05, 0) is 76.4 Å². The average Bonchev–Trinajstić information content (AvgIpc) is 3.14. The first kappa shape index (κ1) is 26.1. The third kappa shape index (κ3) is 6.24. The minimum atomic E-state index is -3.40. The van der Waals surface area contributed by atoms with Crippen LogP contribution in [-0.4, -0.2) is 80.9 Å². The van der Waals surface area contributed by atoms with Crippen molar-refractivity contribution < 1.29 is 13.2 Å². The number of rotatable bonds is 9. The van der Waals surface area contributed by atoms with Gasteiger partial charge in [0.1, 0.15) is 11.4 Å². The molecule has 2 N–H and O–H groups in total. The van der Waals surface area contributed by atoms with E-state index in [4.69, 9.17) is 4.99 Å². The molecule has 2 fully saturated rings. The van der Waals surface area contributed by atoms with Gasteiger partial charge in [0.2, 0.25) is 10.0 Å². The molecule has 0 unspecified atom stereocenters. The fourth-order valence-electron chi connectivity index (χ4n) is 5.46. The summed E-state index contributed by atoms with van der Waals surface area (Å²) in [5, 5.41) is 6.46. The topological polar surface area (TPSA) is 94.1 Å². The molecule has 0 aromatic heterocycles. The van der Waals surface area contributed by atoms with Gasteiger partial charge in [-0.15, -0.1) is 0 Å². The second kappa shape index (κ2) is 11.0. The van der Waals surface area contributed by atoms with Crippen LogP contribution in [0.4, 0.5) is 5.69 Å². The summed E-state index contributed by atoms with van der Waals surface area (Å²) >= 11 is 0. The van der Waals surface area contributed by atoms with Gasteiger partial charge in [-0.2, -0.15) is 0 Å². The number of hydrogen-bond donors (Lipinski definition) is 2. The molecular weight excluding hydrogens is 462 g/mol. The number of aliphatic imine (C=N–C) groups is 1. The number of likely N-dealkylation sites (N-methyl/N-ethyl adjacent to an activating group) is 1. The molecule has 1 saturated heterocycles. The Balaban J connectivity index is 1.31. The number of hydrogen-bond acceptors (Lipinski definition) is 6. The maximum absolute atomic E-state index is 13.1. The second-order valence-corrected chi connectivity index (χ2v) is 12.7. The van der Waals surface area contributed by atoms with Crippen molar-refractivity contribution in [3.63, 3.8) is 0 Å². The van der Waals surface area contributed by atoms with E-state index in [2.05, 4.69) is 21.6 Å². The van der Waals surface area contributed by atoms with Crippen LogP contribution in [0.3, 0.4) is 0 Å². The van der Waals surface area contributed by atoms with Crippen molar-refractivity contribution in [1.29, 1.82) is 0 Å². The van der Waals surface area contributed by atoms with E-state index in [1.165, 1.54) is 19.3 Å². The number of amidine groups is 1. The molecule has 1 saturated carbocycles. The molecular formula is C26H41N5O3S. The van der Waals surface area contributed by atoms with Crippen LogP contribution < -0.4 is 10.6 Å². The quantitative estimate of drug-likeness (QED) is 0.541. The van der Waals surface area contributed by atoms with Gasteiger partial charge in [-0.25, -0.2) is 12.7 Å². The Morgan fingerprint density at radius 3 is 2.54 bits per heavy atom. The summed E-state index contributed by atoms with van der Waals surface area (Å²) < 4.78 is 27.8. The van der Waals surface area contributed by atoms with Crippen LogP contribution in [0.25, 0.3) is 0 Å². The second-order valence-electron chi connectivity index (χ2n) is 10.7. The first-order valence-corrected chi connectivity index (χ1v) is 14.7. The SMILES string of the molecule is Cc1cc(NCCN(C)C)ccc1CCS(=O)(=O)N1CCC2(CC1)N=C(C1CCCCC1)NC2=O. The number of nitrogens with zero attached hydrogens (tertiary/aromatic N) is 3. The van der Waals surface area contributed by atoms with Crippen LogP contribution in [0, 0.1) is 12.8 Å². The largest absolute Gasteiger partial charge is 0.384 e. The zero-order chi connectivity index (χ0) is 25.1. The Labute approximate surface area is 210 Å². The fourth-order valence-corrected chi connectivity index (χ4v) is 6.94. The number of piperidine rings is 1. The molecule has 3 aliphatic rings. The average molecular weight is 504 g/mol. The fraction of sp³-hybridized carbons (Fsp3) is 0.692. The highest BCUT2D eigenvalue weighted by atomic mass is 32.2. The third-order valence-electron chi connectivity index (χ3n) is 7.79. The van der Waals surface area contributed by atoms with E-state index >= 15 is 0 Å². The highest BCUT2D eigenvalue weighted by Crippen LogP contribution is 2.34. The lowest BCUT2D eigenvalue weighted by Gasteiger charge is -2.34. The van der Waals surface area contributed by atoms with Crippen molar-refractivity contribution >= 4 is 27.5 Å². The van der Waals surface area contributed by atoms with E-state index in [0.717, 1.165) is 48.6 Å². The number of amides is 1. The van der Waals surface area contributed by atoms with Crippen LogP contribution in [0.1, 0.15) is 56.1 Å². The Morgan fingerprint density at radius 2 is 1.89 bits per heavy atom. The molecule has 1 aromatic carbocycles. The highest BCUT2D eigenvalue weighted by Gasteiger charge is 2.48. The van der Waals surface area contributed by atoms with E-state index in [9.17, 15) is 13.2 Å². The van der Waals surface area contributed by atoms with Gasteiger partial charge >= 0.3 is 0 Å². The van der Waals surface area contributed by atoms with E-state index in [1.807, 2.05) is 33.2 Å². The Kier molecular flexibility index (Phi) is 8.18. The number of sulfonamides is 1. The predicted octanol–water partition coefficient (Wildman–Crippen LogP) is 2.78. The number of carbonyl (C=O) groups is 1. The lowest BCUT2D eigenvalue weighted by molar-refractivity contribution is -0.125. The number of anilines is 1. The van der Waals surface area contributed by atoms with Crippen molar-refractivity contribution in [2.45, 2.75) is 63.8 Å². The summed E-state index contributed by atoms with van der Waals surface area (Å²) in [5.74, 6) is 1.25. The molecule has 0 bridgehead atoms. The molecule has 1 spiro atoms. The molecule has 4 rings (SSSR count). The molecule has 2 aliphatic heterocycles. The molecule has 1 amide bonds. The lowest BCUT2D eigenvalue weighted by atomic mass is 9.88. The van der Waals surface area contributed by atoms with Gasteiger partial charge < -0.3 is 15.5 Å². The monoisotopic (exact) mass is 503 g/mol. The Hall–Kier alpha value is -1.97. The normalized spacial score (nSPS) is 21.4. The third-order valence-corrected chi connectivity index (χ3v) is 9.67. The lowest BCUT2D eigenvalue weighted by Crippen LogP contribution is -2.51. The van der Waals surface area contributed by atoms with Crippen LogP contribution in [0.5, 0.6) is 0 Å². The van der Waals surface area contributed by atoms with Gasteiger partial charge in [0.15, 0.2) is 0 Å². The number of aryl methyl sites for hydroxylation is 2. The number of carbonyl (C=O) groups excluding carboxylic acids is 1. The minimum Gasteiger partial charge on any atom is -0.384 e. The summed E-state index contributed by atoms with van der Waals surface area (Å²) in [5.41, 5.74) is 2.43. The summed E-state index contributed by atoms with van der Waals surface area (Å²) in [6.07, 6.45) is 7.21. The molecule has 1 aliphatic carbocycles. The zero-order valence-electron chi connectivity index (χ0n) is 21.5. The Morgan fingerprint density at radius 1 is 1.17 bits per heavy atom.